The molecule has 0 aliphatic carbocycles. The zero-order valence-corrected chi connectivity index (χ0v) is 19.5. The van der Waals surface area contributed by atoms with Crippen LogP contribution in [-0.2, 0) is 11.4 Å². The summed E-state index contributed by atoms with van der Waals surface area (Å²) in [5.74, 6) is 0.797. The van der Waals surface area contributed by atoms with Crippen molar-refractivity contribution < 1.29 is 14.7 Å². The van der Waals surface area contributed by atoms with Gasteiger partial charge in [0.2, 0.25) is 0 Å². The number of hydrogen-bond donors (Lipinski definition) is 1. The van der Waals surface area contributed by atoms with Gasteiger partial charge in [-0.05, 0) is 41.8 Å². The van der Waals surface area contributed by atoms with Crippen LogP contribution in [0.4, 0.5) is 0 Å². The molecule has 0 aromatic heterocycles. The number of aliphatic hydroxyl groups excluding tert-OH is 1. The van der Waals surface area contributed by atoms with Gasteiger partial charge in [-0.15, -0.1) is 0 Å². The molecule has 33 heavy (non-hydrogen) atoms. The first-order chi connectivity index (χ1) is 16.1. The van der Waals surface area contributed by atoms with Crippen LogP contribution in [0.1, 0.15) is 23.1 Å². The van der Waals surface area contributed by atoms with E-state index in [1.165, 1.54) is 5.56 Å². The first-order valence-electron chi connectivity index (χ1n) is 11.2. The highest BCUT2D eigenvalue weighted by Crippen LogP contribution is 2.21. The Morgan fingerprint density at radius 3 is 2.55 bits per heavy atom. The molecule has 1 aliphatic heterocycles. The second-order valence-corrected chi connectivity index (χ2v) is 8.82. The molecule has 1 heterocycles. The van der Waals surface area contributed by atoms with E-state index in [1.807, 2.05) is 73.7 Å². The summed E-state index contributed by atoms with van der Waals surface area (Å²) in [5, 5.41) is 15.7. The van der Waals surface area contributed by atoms with Crippen molar-refractivity contribution in [2.75, 3.05) is 19.7 Å². The molecular weight excluding hydrogens is 436 g/mol. The maximum Gasteiger partial charge on any atom is 0.145 e. The molecule has 0 amide bonds. The van der Waals surface area contributed by atoms with Gasteiger partial charge in [-0.2, -0.15) is 0 Å². The van der Waals surface area contributed by atoms with Crippen LogP contribution in [0, 0.1) is 6.92 Å². The predicted octanol–water partition coefficient (Wildman–Crippen LogP) is 5.08. The van der Waals surface area contributed by atoms with E-state index in [4.69, 9.17) is 21.2 Å². The molecule has 0 unspecified atom stereocenters. The number of halogens is 1. The fourth-order valence-corrected chi connectivity index (χ4v) is 4.05. The van der Waals surface area contributed by atoms with E-state index in [1.54, 1.807) is 0 Å². The first kappa shape index (κ1) is 23.3. The number of oxime groups is 1. The van der Waals surface area contributed by atoms with E-state index in [0.717, 1.165) is 22.6 Å². The van der Waals surface area contributed by atoms with E-state index < -0.39 is 6.10 Å². The Morgan fingerprint density at radius 1 is 1.06 bits per heavy atom. The number of ether oxygens (including phenoxy) is 1. The van der Waals surface area contributed by atoms with Crippen molar-refractivity contribution in [3.05, 3.63) is 101 Å². The lowest BCUT2D eigenvalue weighted by Crippen LogP contribution is -2.39. The molecule has 6 heteroatoms. The molecule has 0 bridgehead atoms. The summed E-state index contributed by atoms with van der Waals surface area (Å²) in [6.45, 7) is 4.06. The van der Waals surface area contributed by atoms with Crippen molar-refractivity contribution in [1.82, 2.24) is 4.90 Å². The second-order valence-electron chi connectivity index (χ2n) is 8.39. The Labute approximate surface area is 200 Å². The number of rotatable bonds is 10. The quantitative estimate of drug-likeness (QED) is 0.454. The largest absolute Gasteiger partial charge is 0.491 e. The van der Waals surface area contributed by atoms with Crippen LogP contribution < -0.4 is 4.74 Å². The van der Waals surface area contributed by atoms with Crippen molar-refractivity contribution in [2.24, 2.45) is 5.16 Å². The van der Waals surface area contributed by atoms with Gasteiger partial charge in [-0.3, -0.25) is 4.90 Å². The molecule has 4 rings (SSSR count). The van der Waals surface area contributed by atoms with Gasteiger partial charge in [0, 0.05) is 31.1 Å². The SMILES string of the molecule is Cc1ccccc1OC[C@@H](O)CN(Cc1ccccc1)C[C@H]1CC(c2ccc(Cl)cc2)=NO1. The molecule has 172 valence electrons. The van der Waals surface area contributed by atoms with Crippen molar-refractivity contribution in [3.8, 4) is 5.75 Å². The van der Waals surface area contributed by atoms with Gasteiger partial charge in [-0.25, -0.2) is 0 Å². The van der Waals surface area contributed by atoms with Gasteiger partial charge in [-0.1, -0.05) is 77.4 Å². The second kappa shape index (κ2) is 11.3. The van der Waals surface area contributed by atoms with E-state index in [9.17, 15) is 5.11 Å². The summed E-state index contributed by atoms with van der Waals surface area (Å²) < 4.78 is 5.86. The highest BCUT2D eigenvalue weighted by Gasteiger charge is 2.26. The van der Waals surface area contributed by atoms with Gasteiger partial charge >= 0.3 is 0 Å². The van der Waals surface area contributed by atoms with Crippen LogP contribution in [0.2, 0.25) is 5.02 Å². The minimum absolute atomic E-state index is 0.0797. The van der Waals surface area contributed by atoms with Gasteiger partial charge in [0.25, 0.3) is 0 Å². The molecular formula is C27H29ClN2O3. The zero-order chi connectivity index (χ0) is 23.0. The summed E-state index contributed by atoms with van der Waals surface area (Å²) in [6.07, 6.45) is -0.00169. The maximum absolute atomic E-state index is 10.7. The average Bonchev–Trinajstić information content (AvgIpc) is 3.28. The van der Waals surface area contributed by atoms with Crippen LogP contribution in [0.25, 0.3) is 0 Å². The third-order valence-electron chi connectivity index (χ3n) is 5.62. The Morgan fingerprint density at radius 2 is 1.79 bits per heavy atom. The Kier molecular flexibility index (Phi) is 8.00. The van der Waals surface area contributed by atoms with Gasteiger partial charge in [0.15, 0.2) is 0 Å². The molecule has 2 atom stereocenters. The van der Waals surface area contributed by atoms with Crippen LogP contribution >= 0.6 is 11.6 Å². The molecule has 1 aliphatic rings. The fraction of sp³-hybridized carbons (Fsp3) is 0.296. The van der Waals surface area contributed by atoms with Gasteiger partial charge in [0.05, 0.1) is 5.71 Å². The summed E-state index contributed by atoms with van der Waals surface area (Å²) >= 11 is 6.00. The molecule has 0 saturated heterocycles. The number of hydrogen-bond acceptors (Lipinski definition) is 5. The van der Waals surface area contributed by atoms with Gasteiger partial charge in [0.1, 0.15) is 24.6 Å². The van der Waals surface area contributed by atoms with Crippen LogP contribution in [0.15, 0.2) is 84.0 Å². The summed E-state index contributed by atoms with van der Waals surface area (Å²) in [5.41, 5.74) is 4.17. The minimum Gasteiger partial charge on any atom is -0.491 e. The molecule has 0 spiro atoms. The molecule has 5 nitrogen and oxygen atoms in total. The lowest BCUT2D eigenvalue weighted by molar-refractivity contribution is 0.0212. The van der Waals surface area contributed by atoms with Gasteiger partial charge < -0.3 is 14.7 Å². The standard InChI is InChI=1S/C27H29ClN2O3/c1-20-7-5-6-10-27(20)32-19-24(31)17-30(16-21-8-3-2-4-9-21)18-25-15-26(29-33-25)22-11-13-23(28)14-12-22/h2-14,24-25,31H,15-19H2,1H3/t24-,25+/m0/s1. The fourth-order valence-electron chi connectivity index (χ4n) is 3.93. The molecule has 3 aromatic rings. The summed E-state index contributed by atoms with van der Waals surface area (Å²) in [6, 6.07) is 25.7. The zero-order valence-electron chi connectivity index (χ0n) is 18.7. The summed E-state index contributed by atoms with van der Waals surface area (Å²) in [7, 11) is 0. The molecule has 1 N–H and O–H groups in total. The Bertz CT molecular complexity index is 1060. The van der Waals surface area contributed by atoms with E-state index in [2.05, 4.69) is 22.2 Å². The van der Waals surface area contributed by atoms with E-state index in [0.29, 0.717) is 31.1 Å². The molecule has 3 aromatic carbocycles. The smallest absolute Gasteiger partial charge is 0.145 e. The lowest BCUT2D eigenvalue weighted by atomic mass is 10.0. The third-order valence-corrected chi connectivity index (χ3v) is 5.87. The Hall–Kier alpha value is -2.86. The first-order valence-corrected chi connectivity index (χ1v) is 11.6. The highest BCUT2D eigenvalue weighted by atomic mass is 35.5. The van der Waals surface area contributed by atoms with E-state index >= 15 is 0 Å². The number of aliphatic hydroxyl groups is 1. The normalized spacial score (nSPS) is 16.4. The molecule has 0 radical (unpaired) electrons. The molecule has 0 saturated carbocycles. The Balaban J connectivity index is 1.36. The van der Waals surface area contributed by atoms with Crippen molar-refractivity contribution in [3.63, 3.8) is 0 Å². The lowest BCUT2D eigenvalue weighted by Gasteiger charge is -2.27. The molecule has 0 fully saturated rings. The summed E-state index contributed by atoms with van der Waals surface area (Å²) in [4.78, 5) is 7.95. The minimum atomic E-state index is -0.633. The monoisotopic (exact) mass is 464 g/mol. The maximum atomic E-state index is 10.7. The van der Waals surface area contributed by atoms with Crippen molar-refractivity contribution >= 4 is 17.3 Å². The number of benzene rings is 3. The number of para-hydroxylation sites is 1. The van der Waals surface area contributed by atoms with Crippen molar-refractivity contribution in [1.29, 1.82) is 0 Å². The van der Waals surface area contributed by atoms with Crippen LogP contribution in [-0.4, -0.2) is 47.6 Å². The predicted molar refractivity (Wildman–Crippen MR) is 132 cm³/mol. The van der Waals surface area contributed by atoms with E-state index in [-0.39, 0.29) is 12.7 Å². The van der Waals surface area contributed by atoms with Crippen molar-refractivity contribution in [2.45, 2.75) is 32.1 Å². The highest BCUT2D eigenvalue weighted by molar-refractivity contribution is 6.30. The van der Waals surface area contributed by atoms with Crippen LogP contribution in [0.5, 0.6) is 5.75 Å². The topological polar surface area (TPSA) is 54.3 Å². The average molecular weight is 465 g/mol. The third kappa shape index (κ3) is 6.81. The van der Waals surface area contributed by atoms with Crippen LogP contribution in [0.3, 0.4) is 0 Å². The number of nitrogens with zero attached hydrogens (tertiary/aromatic N) is 2. The number of aryl methyl sites for hydroxylation is 1.